The number of nitrogens with zero attached hydrogens (tertiary/aromatic N) is 3. The van der Waals surface area contributed by atoms with Crippen LogP contribution in [-0.4, -0.2) is 31.8 Å². The standard InChI is InChI=1S/C15H17N3O2/c1-17(2)13-9-7-12(8-10-13)15(20-3)16-18-11-5-4-6-14(18)19/h4-11H,1-3H3/b16-15-. The summed E-state index contributed by atoms with van der Waals surface area (Å²) in [4.78, 5) is 13.6. The van der Waals surface area contributed by atoms with Crippen LogP contribution in [0.25, 0.3) is 0 Å². The zero-order valence-corrected chi connectivity index (χ0v) is 11.8. The molecule has 1 heterocycles. The fraction of sp³-hybridized carbons (Fsp3) is 0.200. The molecule has 5 nitrogen and oxygen atoms in total. The molecule has 0 fully saturated rings. The van der Waals surface area contributed by atoms with Crippen molar-refractivity contribution in [3.63, 3.8) is 0 Å². The Morgan fingerprint density at radius 3 is 2.40 bits per heavy atom. The van der Waals surface area contributed by atoms with Crippen LogP contribution in [-0.2, 0) is 4.74 Å². The average Bonchev–Trinajstić information content (AvgIpc) is 2.46. The van der Waals surface area contributed by atoms with E-state index in [2.05, 4.69) is 5.10 Å². The number of rotatable bonds is 3. The van der Waals surface area contributed by atoms with Gasteiger partial charge in [0.15, 0.2) is 0 Å². The maximum atomic E-state index is 11.6. The van der Waals surface area contributed by atoms with Gasteiger partial charge in [0.2, 0.25) is 5.90 Å². The summed E-state index contributed by atoms with van der Waals surface area (Å²) in [5.74, 6) is 0.392. The van der Waals surface area contributed by atoms with Crippen LogP contribution in [0.15, 0.2) is 58.6 Å². The third-order valence-corrected chi connectivity index (χ3v) is 2.83. The summed E-state index contributed by atoms with van der Waals surface area (Å²) in [7, 11) is 5.49. The Hall–Kier alpha value is -2.56. The first kappa shape index (κ1) is 13.9. The van der Waals surface area contributed by atoms with Gasteiger partial charge in [-0.2, -0.15) is 0 Å². The monoisotopic (exact) mass is 271 g/mol. The summed E-state index contributed by atoms with van der Waals surface area (Å²) in [6, 6.07) is 12.6. The van der Waals surface area contributed by atoms with E-state index in [1.54, 1.807) is 18.3 Å². The van der Waals surface area contributed by atoms with Gasteiger partial charge >= 0.3 is 0 Å². The number of pyridine rings is 1. The van der Waals surface area contributed by atoms with Crippen molar-refractivity contribution in [2.45, 2.75) is 0 Å². The molecule has 0 aliphatic carbocycles. The van der Waals surface area contributed by atoms with Crippen LogP contribution in [0.1, 0.15) is 5.56 Å². The summed E-state index contributed by atoms with van der Waals surface area (Å²) < 4.78 is 6.52. The molecule has 0 unspecified atom stereocenters. The highest BCUT2D eigenvalue weighted by Gasteiger charge is 2.05. The predicted octanol–water partition coefficient (Wildman–Crippen LogP) is 1.77. The second kappa shape index (κ2) is 6.06. The van der Waals surface area contributed by atoms with E-state index < -0.39 is 0 Å². The van der Waals surface area contributed by atoms with Crippen LogP contribution < -0.4 is 10.5 Å². The van der Waals surface area contributed by atoms with Crippen LogP contribution in [0, 0.1) is 0 Å². The van der Waals surface area contributed by atoms with Crippen molar-refractivity contribution in [2.24, 2.45) is 5.10 Å². The largest absolute Gasteiger partial charge is 0.480 e. The van der Waals surface area contributed by atoms with E-state index >= 15 is 0 Å². The second-order valence-corrected chi connectivity index (χ2v) is 4.43. The van der Waals surface area contributed by atoms with E-state index in [4.69, 9.17) is 4.74 Å². The van der Waals surface area contributed by atoms with Crippen molar-refractivity contribution in [3.8, 4) is 0 Å². The fourth-order valence-corrected chi connectivity index (χ4v) is 1.72. The molecule has 0 saturated heterocycles. The lowest BCUT2D eigenvalue weighted by atomic mass is 10.2. The topological polar surface area (TPSA) is 46.8 Å². The molecule has 2 aromatic rings. The number of anilines is 1. The number of hydrogen-bond acceptors (Lipinski definition) is 4. The molecule has 5 heteroatoms. The molecular formula is C15H17N3O2. The number of aromatic nitrogens is 1. The first-order valence-electron chi connectivity index (χ1n) is 6.20. The number of hydrogen-bond donors (Lipinski definition) is 0. The van der Waals surface area contributed by atoms with E-state index in [0.29, 0.717) is 5.90 Å². The molecule has 2 rings (SSSR count). The van der Waals surface area contributed by atoms with Gasteiger partial charge in [-0.3, -0.25) is 4.79 Å². The third-order valence-electron chi connectivity index (χ3n) is 2.83. The number of ether oxygens (including phenoxy) is 1. The SMILES string of the molecule is CO/C(=N\n1ccccc1=O)c1ccc(N(C)C)cc1. The molecule has 0 saturated carbocycles. The maximum Gasteiger partial charge on any atom is 0.270 e. The van der Waals surface area contributed by atoms with Crippen molar-refractivity contribution in [1.29, 1.82) is 0 Å². The molecule has 0 atom stereocenters. The fourth-order valence-electron chi connectivity index (χ4n) is 1.72. The average molecular weight is 271 g/mol. The Morgan fingerprint density at radius 2 is 1.85 bits per heavy atom. The summed E-state index contributed by atoms with van der Waals surface area (Å²) in [6.07, 6.45) is 1.59. The molecule has 0 aliphatic rings. The molecule has 1 aromatic heterocycles. The first-order valence-corrected chi connectivity index (χ1v) is 6.20. The van der Waals surface area contributed by atoms with E-state index in [1.807, 2.05) is 43.3 Å². The van der Waals surface area contributed by atoms with E-state index in [0.717, 1.165) is 11.3 Å². The molecule has 0 bridgehead atoms. The predicted molar refractivity (Wildman–Crippen MR) is 80.4 cm³/mol. The van der Waals surface area contributed by atoms with Crippen LogP contribution in [0.4, 0.5) is 5.69 Å². The van der Waals surface area contributed by atoms with Gasteiger partial charge in [-0.15, -0.1) is 5.10 Å². The van der Waals surface area contributed by atoms with E-state index in [-0.39, 0.29) is 5.56 Å². The van der Waals surface area contributed by atoms with Gasteiger partial charge < -0.3 is 9.64 Å². The van der Waals surface area contributed by atoms with Crippen molar-refractivity contribution in [1.82, 2.24) is 4.68 Å². The van der Waals surface area contributed by atoms with Gasteiger partial charge in [-0.25, -0.2) is 4.68 Å². The zero-order valence-electron chi connectivity index (χ0n) is 11.8. The Morgan fingerprint density at radius 1 is 1.15 bits per heavy atom. The molecule has 0 N–H and O–H groups in total. The lowest BCUT2D eigenvalue weighted by molar-refractivity contribution is 0.399. The molecular weight excluding hydrogens is 254 g/mol. The highest BCUT2D eigenvalue weighted by molar-refractivity contribution is 5.94. The maximum absolute atomic E-state index is 11.6. The van der Waals surface area contributed by atoms with E-state index in [9.17, 15) is 4.79 Å². The van der Waals surface area contributed by atoms with Crippen molar-refractivity contribution >= 4 is 11.6 Å². The van der Waals surface area contributed by atoms with Crippen molar-refractivity contribution < 1.29 is 4.74 Å². The Bertz CT molecular complexity index is 657. The smallest absolute Gasteiger partial charge is 0.270 e. The molecule has 20 heavy (non-hydrogen) atoms. The Labute approximate surface area is 117 Å². The summed E-state index contributed by atoms with van der Waals surface area (Å²) in [5, 5.41) is 4.21. The second-order valence-electron chi connectivity index (χ2n) is 4.43. The Balaban J connectivity index is 2.37. The van der Waals surface area contributed by atoms with Crippen molar-refractivity contribution in [2.75, 3.05) is 26.1 Å². The minimum absolute atomic E-state index is 0.202. The minimum Gasteiger partial charge on any atom is -0.480 e. The van der Waals surface area contributed by atoms with Gasteiger partial charge in [-0.05, 0) is 30.3 Å². The van der Waals surface area contributed by atoms with Crippen LogP contribution in [0.5, 0.6) is 0 Å². The first-order chi connectivity index (χ1) is 9.61. The summed E-state index contributed by atoms with van der Waals surface area (Å²) >= 11 is 0. The van der Waals surface area contributed by atoms with Gasteiger partial charge in [0.05, 0.1) is 7.11 Å². The molecule has 0 radical (unpaired) electrons. The molecule has 0 aliphatic heterocycles. The number of benzene rings is 1. The van der Waals surface area contributed by atoms with Crippen LogP contribution >= 0.6 is 0 Å². The van der Waals surface area contributed by atoms with Gasteiger partial charge in [0.25, 0.3) is 5.56 Å². The van der Waals surface area contributed by atoms with Crippen LogP contribution in [0.2, 0.25) is 0 Å². The molecule has 104 valence electrons. The van der Waals surface area contributed by atoms with Gasteiger partial charge in [0, 0.05) is 37.6 Å². The lowest BCUT2D eigenvalue weighted by Crippen LogP contribution is -2.17. The number of methoxy groups -OCH3 is 1. The zero-order chi connectivity index (χ0) is 14.5. The summed E-state index contributed by atoms with van der Waals surface area (Å²) in [6.45, 7) is 0. The van der Waals surface area contributed by atoms with E-state index in [1.165, 1.54) is 17.9 Å². The highest BCUT2D eigenvalue weighted by atomic mass is 16.5. The Kier molecular flexibility index (Phi) is 4.20. The van der Waals surface area contributed by atoms with Crippen molar-refractivity contribution in [3.05, 3.63) is 64.6 Å². The van der Waals surface area contributed by atoms with Gasteiger partial charge in [0.1, 0.15) is 0 Å². The molecule has 0 amide bonds. The highest BCUT2D eigenvalue weighted by Crippen LogP contribution is 2.13. The lowest BCUT2D eigenvalue weighted by Gasteiger charge is -2.13. The quantitative estimate of drug-likeness (QED) is 0.631. The van der Waals surface area contributed by atoms with Crippen LogP contribution in [0.3, 0.4) is 0 Å². The molecule has 0 spiro atoms. The third kappa shape index (κ3) is 3.06. The normalized spacial score (nSPS) is 11.2. The minimum atomic E-state index is -0.202. The summed E-state index contributed by atoms with van der Waals surface area (Å²) in [5.41, 5.74) is 1.70. The van der Waals surface area contributed by atoms with Gasteiger partial charge in [-0.1, -0.05) is 6.07 Å². The molecule has 1 aromatic carbocycles.